The van der Waals surface area contributed by atoms with Crippen molar-refractivity contribution >= 4 is 40.7 Å². The van der Waals surface area contributed by atoms with Gasteiger partial charge in [0, 0.05) is 6.07 Å². The van der Waals surface area contributed by atoms with Gasteiger partial charge >= 0.3 is 0 Å². The zero-order valence-electron chi connectivity index (χ0n) is 12.8. The van der Waals surface area contributed by atoms with Crippen LogP contribution in [0.5, 0.6) is 0 Å². The minimum atomic E-state index is -1.08. The Kier molecular flexibility index (Phi) is 4.70. The average molecular weight is 366 g/mol. The molecule has 0 fully saturated rings. The Bertz CT molecular complexity index is 913. The van der Waals surface area contributed by atoms with E-state index in [1.807, 2.05) is 0 Å². The van der Waals surface area contributed by atoms with Gasteiger partial charge in [0.1, 0.15) is 10.5 Å². The lowest BCUT2D eigenvalue weighted by Gasteiger charge is -2.13. The summed E-state index contributed by atoms with van der Waals surface area (Å²) in [4.78, 5) is 34.0. The van der Waals surface area contributed by atoms with E-state index in [0.717, 1.165) is 11.8 Å². The molecule has 0 aliphatic heterocycles. The topological polar surface area (TPSA) is 135 Å². The van der Waals surface area contributed by atoms with Gasteiger partial charge in [0.25, 0.3) is 0 Å². The molecule has 0 radical (unpaired) electrons. The fourth-order valence-electron chi connectivity index (χ4n) is 2.00. The quantitative estimate of drug-likeness (QED) is 0.457. The van der Waals surface area contributed by atoms with Crippen LogP contribution in [0, 0.1) is 11.9 Å². The maximum Gasteiger partial charge on any atom is 0.240 e. The lowest BCUT2D eigenvalue weighted by molar-refractivity contribution is -0.115. The van der Waals surface area contributed by atoms with Gasteiger partial charge in [0.05, 0.1) is 11.6 Å². The second-order valence-electron chi connectivity index (χ2n) is 4.83. The highest BCUT2D eigenvalue weighted by molar-refractivity contribution is 8.00. The fraction of sp³-hybridized carbons (Fsp3) is 0.231. The molecule has 130 valence electrons. The van der Waals surface area contributed by atoms with Gasteiger partial charge in [-0.3, -0.25) is 10.1 Å². The van der Waals surface area contributed by atoms with Gasteiger partial charge in [-0.25, -0.2) is 9.97 Å². The smallest absolute Gasteiger partial charge is 0.240 e. The van der Waals surface area contributed by atoms with Gasteiger partial charge in [-0.2, -0.15) is 23.7 Å². The second-order valence-corrected chi connectivity index (χ2v) is 6.02. The van der Waals surface area contributed by atoms with Crippen LogP contribution in [0.25, 0.3) is 11.2 Å². The number of carbonyl (C=O) groups is 1. The van der Waals surface area contributed by atoms with Gasteiger partial charge < -0.3 is 10.7 Å². The number of hydrogen-bond donors (Lipinski definition) is 3. The number of halogens is 2. The second kappa shape index (κ2) is 6.93. The molecule has 0 aromatic carbocycles. The predicted molar refractivity (Wildman–Crippen MR) is 86.6 cm³/mol. The largest absolute Gasteiger partial charge is 0.368 e. The number of nitrogen functional groups attached to an aromatic ring is 1. The zero-order valence-corrected chi connectivity index (χ0v) is 13.6. The van der Waals surface area contributed by atoms with Crippen molar-refractivity contribution in [2.24, 2.45) is 0 Å². The molecule has 9 nitrogen and oxygen atoms in total. The van der Waals surface area contributed by atoms with Crippen molar-refractivity contribution in [3.8, 4) is 0 Å². The standard InChI is InChI=1S/C13H12F2N8OS/c1-2-5(10(24)22-13-19-6(14)3-7(15)20-13)25-11-8-9(18-4-17-8)21-12(16)23-11/h3-5H,2H2,1H3,(H,19,20,22,24)(H3,16,17,18,21,23)/t5-/m0/s1. The lowest BCUT2D eigenvalue weighted by Crippen LogP contribution is -2.26. The highest BCUT2D eigenvalue weighted by atomic mass is 32.2. The Hall–Kier alpha value is -2.89. The number of amides is 1. The third kappa shape index (κ3) is 3.79. The van der Waals surface area contributed by atoms with Crippen molar-refractivity contribution in [2.45, 2.75) is 23.6 Å². The molecule has 0 unspecified atom stereocenters. The predicted octanol–water partition coefficient (Wildman–Crippen LogP) is 1.51. The number of hydrogen-bond acceptors (Lipinski definition) is 8. The molecule has 3 aromatic heterocycles. The molecule has 0 saturated carbocycles. The van der Waals surface area contributed by atoms with Gasteiger partial charge in [-0.05, 0) is 6.42 Å². The maximum atomic E-state index is 13.1. The van der Waals surface area contributed by atoms with Gasteiger partial charge in [-0.15, -0.1) is 0 Å². The Morgan fingerprint density at radius 2 is 2.04 bits per heavy atom. The molecule has 1 atom stereocenters. The third-order valence-corrected chi connectivity index (χ3v) is 4.44. The molecule has 0 bridgehead atoms. The number of carbonyl (C=O) groups excluding carboxylic acids is 1. The fourth-order valence-corrected chi connectivity index (χ4v) is 3.02. The molecule has 4 N–H and O–H groups in total. The van der Waals surface area contributed by atoms with E-state index >= 15 is 0 Å². The van der Waals surface area contributed by atoms with Crippen LogP contribution >= 0.6 is 11.8 Å². The Morgan fingerprint density at radius 3 is 2.72 bits per heavy atom. The van der Waals surface area contributed by atoms with Crippen molar-refractivity contribution < 1.29 is 13.6 Å². The summed E-state index contributed by atoms with van der Waals surface area (Å²) < 4.78 is 26.2. The highest BCUT2D eigenvalue weighted by Gasteiger charge is 2.22. The minimum Gasteiger partial charge on any atom is -0.368 e. The molecule has 0 spiro atoms. The van der Waals surface area contributed by atoms with Crippen LogP contribution in [0.2, 0.25) is 0 Å². The molecule has 1 amide bonds. The molecule has 0 aliphatic rings. The number of aromatic nitrogens is 6. The molecule has 3 rings (SSSR count). The monoisotopic (exact) mass is 366 g/mol. The summed E-state index contributed by atoms with van der Waals surface area (Å²) in [5.74, 6) is -3.11. The zero-order chi connectivity index (χ0) is 18.0. The number of fused-ring (bicyclic) bond motifs is 1. The summed E-state index contributed by atoms with van der Waals surface area (Å²) >= 11 is 1.12. The van der Waals surface area contributed by atoms with Gasteiger partial charge in [-0.1, -0.05) is 18.7 Å². The number of imidazole rings is 1. The highest BCUT2D eigenvalue weighted by Crippen LogP contribution is 2.29. The van der Waals surface area contributed by atoms with E-state index in [4.69, 9.17) is 5.73 Å². The number of nitrogens with two attached hydrogens (primary N) is 1. The Labute approximate surface area is 143 Å². The Balaban J connectivity index is 1.81. The number of nitrogens with zero attached hydrogens (tertiary/aromatic N) is 5. The first-order chi connectivity index (χ1) is 12.0. The summed E-state index contributed by atoms with van der Waals surface area (Å²) in [6.45, 7) is 1.78. The van der Waals surface area contributed by atoms with Crippen LogP contribution in [0.3, 0.4) is 0 Å². The summed E-state index contributed by atoms with van der Waals surface area (Å²) in [6, 6.07) is 0.514. The van der Waals surface area contributed by atoms with E-state index in [2.05, 4.69) is 35.2 Å². The van der Waals surface area contributed by atoms with E-state index in [1.54, 1.807) is 6.92 Å². The third-order valence-electron chi connectivity index (χ3n) is 3.09. The van der Waals surface area contributed by atoms with Crippen LogP contribution < -0.4 is 11.1 Å². The SMILES string of the molecule is CC[C@H](Sc1nc(N)nc2nc[nH]c12)C(=O)Nc1nc(F)cc(F)n1. The first kappa shape index (κ1) is 17.0. The minimum absolute atomic E-state index is 0.0212. The number of H-pyrrole nitrogens is 1. The van der Waals surface area contributed by atoms with E-state index in [0.29, 0.717) is 28.7 Å². The summed E-state index contributed by atoms with van der Waals surface area (Å²) in [5, 5.41) is 2.10. The number of thioether (sulfide) groups is 1. The molecule has 0 saturated heterocycles. The number of anilines is 2. The maximum absolute atomic E-state index is 13.1. The van der Waals surface area contributed by atoms with Crippen LogP contribution in [0.1, 0.15) is 13.3 Å². The van der Waals surface area contributed by atoms with Crippen LogP contribution in [0.15, 0.2) is 17.4 Å². The molecule has 3 heterocycles. The number of nitrogens with one attached hydrogen (secondary N) is 2. The first-order valence-corrected chi connectivity index (χ1v) is 7.98. The van der Waals surface area contributed by atoms with E-state index in [-0.39, 0.29) is 5.95 Å². The van der Waals surface area contributed by atoms with Crippen molar-refractivity contribution in [3.05, 3.63) is 24.3 Å². The van der Waals surface area contributed by atoms with Gasteiger partial charge in [0.15, 0.2) is 5.65 Å². The number of rotatable bonds is 5. The van der Waals surface area contributed by atoms with E-state index in [1.165, 1.54) is 6.33 Å². The molecule has 25 heavy (non-hydrogen) atoms. The first-order valence-electron chi connectivity index (χ1n) is 7.10. The van der Waals surface area contributed by atoms with Crippen LogP contribution in [-0.2, 0) is 4.79 Å². The average Bonchev–Trinajstić information content (AvgIpc) is 2.99. The van der Waals surface area contributed by atoms with Crippen molar-refractivity contribution in [3.63, 3.8) is 0 Å². The summed E-state index contributed by atoms with van der Waals surface area (Å²) in [6.07, 6.45) is 1.85. The van der Waals surface area contributed by atoms with Crippen molar-refractivity contribution in [2.75, 3.05) is 11.1 Å². The van der Waals surface area contributed by atoms with Crippen LogP contribution in [0.4, 0.5) is 20.7 Å². The molecular formula is C13H12F2N8OS. The van der Waals surface area contributed by atoms with Crippen molar-refractivity contribution in [1.82, 2.24) is 29.9 Å². The van der Waals surface area contributed by atoms with Crippen LogP contribution in [-0.4, -0.2) is 41.1 Å². The molecule has 3 aromatic rings. The number of aromatic amines is 1. The normalized spacial score (nSPS) is 12.3. The lowest BCUT2D eigenvalue weighted by atomic mass is 10.3. The molecule has 12 heteroatoms. The van der Waals surface area contributed by atoms with E-state index in [9.17, 15) is 13.6 Å². The molecule has 0 aliphatic carbocycles. The summed E-state index contributed by atoms with van der Waals surface area (Å²) in [5.41, 5.74) is 6.56. The van der Waals surface area contributed by atoms with Gasteiger partial charge in [0.2, 0.25) is 29.7 Å². The Morgan fingerprint density at radius 1 is 1.32 bits per heavy atom. The summed E-state index contributed by atoms with van der Waals surface area (Å²) in [7, 11) is 0. The molecular weight excluding hydrogens is 354 g/mol. The van der Waals surface area contributed by atoms with E-state index < -0.39 is 29.0 Å². The van der Waals surface area contributed by atoms with Crippen molar-refractivity contribution in [1.29, 1.82) is 0 Å².